The number of aryl methyl sites for hydroxylation is 2. The van der Waals surface area contributed by atoms with Gasteiger partial charge in [-0.3, -0.25) is 9.59 Å². The van der Waals surface area contributed by atoms with Crippen LogP contribution >= 0.6 is 0 Å². The standard InChI is InChI=1S/C28H39N3O4/c1-5-35-28(34)26-20(3)24(21(4)30-26)13-14-25(32)31-17-15-23(16-18-31)27(33)29-19(2)11-12-22-9-7-6-8-10-22/h6-10,19,23,30H,5,11-18H2,1-4H3,(H,29,33)/t19-/m1/s1. The maximum Gasteiger partial charge on any atom is 0.355 e. The molecule has 2 amide bonds. The fraction of sp³-hybridized carbons (Fsp3) is 0.536. The molecule has 1 atom stereocenters. The SMILES string of the molecule is CCOC(=O)c1[nH]c(C)c(CCC(=O)N2CCC(C(=O)N[C@H](C)CCc3ccccc3)CC2)c1C. The number of likely N-dealkylation sites (tertiary alicyclic amines) is 1. The van der Waals surface area contributed by atoms with E-state index >= 15 is 0 Å². The van der Waals surface area contributed by atoms with Gasteiger partial charge in [0.25, 0.3) is 0 Å². The fourth-order valence-electron chi connectivity index (χ4n) is 4.81. The Labute approximate surface area is 208 Å². The number of benzene rings is 1. The van der Waals surface area contributed by atoms with E-state index in [4.69, 9.17) is 4.74 Å². The number of piperidine rings is 1. The van der Waals surface area contributed by atoms with Gasteiger partial charge in [-0.15, -0.1) is 0 Å². The van der Waals surface area contributed by atoms with Crippen molar-refractivity contribution >= 4 is 17.8 Å². The summed E-state index contributed by atoms with van der Waals surface area (Å²) in [4.78, 5) is 42.7. The highest BCUT2D eigenvalue weighted by molar-refractivity contribution is 5.90. The second kappa shape index (κ2) is 12.6. The first-order valence-corrected chi connectivity index (χ1v) is 12.8. The molecule has 2 aromatic rings. The van der Waals surface area contributed by atoms with Crippen molar-refractivity contribution in [2.24, 2.45) is 5.92 Å². The van der Waals surface area contributed by atoms with Gasteiger partial charge in [0, 0.05) is 37.2 Å². The van der Waals surface area contributed by atoms with Crippen molar-refractivity contribution in [2.45, 2.75) is 72.3 Å². The number of carbonyl (C=O) groups excluding carboxylic acids is 3. The van der Waals surface area contributed by atoms with Gasteiger partial charge in [-0.1, -0.05) is 30.3 Å². The molecule has 2 N–H and O–H groups in total. The molecule has 7 nitrogen and oxygen atoms in total. The van der Waals surface area contributed by atoms with Crippen LogP contribution in [0.1, 0.15) is 72.4 Å². The lowest BCUT2D eigenvalue weighted by atomic mass is 9.94. The number of aromatic amines is 1. The summed E-state index contributed by atoms with van der Waals surface area (Å²) in [5.41, 5.74) is 4.50. The van der Waals surface area contributed by atoms with Crippen molar-refractivity contribution in [3.8, 4) is 0 Å². The van der Waals surface area contributed by atoms with Crippen LogP contribution in [0, 0.1) is 19.8 Å². The Hall–Kier alpha value is -3.09. The zero-order chi connectivity index (χ0) is 25.4. The molecule has 0 aliphatic carbocycles. The summed E-state index contributed by atoms with van der Waals surface area (Å²) in [6.45, 7) is 9.18. The van der Waals surface area contributed by atoms with E-state index in [1.807, 2.05) is 36.9 Å². The maximum absolute atomic E-state index is 12.8. The number of esters is 1. The molecule has 0 radical (unpaired) electrons. The third kappa shape index (κ3) is 7.20. The molecule has 1 aromatic heterocycles. The highest BCUT2D eigenvalue weighted by Gasteiger charge is 2.28. The van der Waals surface area contributed by atoms with Crippen molar-refractivity contribution in [2.75, 3.05) is 19.7 Å². The normalized spacial score (nSPS) is 15.0. The minimum absolute atomic E-state index is 0.0421. The lowest BCUT2D eigenvalue weighted by molar-refractivity contribution is -0.135. The monoisotopic (exact) mass is 481 g/mol. The van der Waals surface area contributed by atoms with Gasteiger partial charge in [-0.05, 0) is 76.5 Å². The van der Waals surface area contributed by atoms with Crippen molar-refractivity contribution in [1.82, 2.24) is 15.2 Å². The summed E-state index contributed by atoms with van der Waals surface area (Å²) in [6, 6.07) is 10.4. The molecule has 190 valence electrons. The smallest absolute Gasteiger partial charge is 0.355 e. The number of nitrogens with zero attached hydrogens (tertiary/aromatic N) is 1. The number of hydrogen-bond acceptors (Lipinski definition) is 4. The molecule has 1 fully saturated rings. The van der Waals surface area contributed by atoms with Crippen LogP contribution in [-0.4, -0.2) is 53.4 Å². The molecule has 2 heterocycles. The number of nitrogens with one attached hydrogen (secondary N) is 2. The highest BCUT2D eigenvalue weighted by Crippen LogP contribution is 2.23. The van der Waals surface area contributed by atoms with Crippen LogP contribution in [0.4, 0.5) is 0 Å². The van der Waals surface area contributed by atoms with Gasteiger partial charge in [0.1, 0.15) is 5.69 Å². The highest BCUT2D eigenvalue weighted by atomic mass is 16.5. The van der Waals surface area contributed by atoms with Crippen LogP contribution < -0.4 is 5.32 Å². The Balaban J connectivity index is 1.42. The van der Waals surface area contributed by atoms with E-state index < -0.39 is 0 Å². The number of carbonyl (C=O) groups is 3. The third-order valence-electron chi connectivity index (χ3n) is 6.98. The second-order valence-corrected chi connectivity index (χ2v) is 9.54. The summed E-state index contributed by atoms with van der Waals surface area (Å²) in [6.07, 6.45) is 4.19. The minimum Gasteiger partial charge on any atom is -0.461 e. The van der Waals surface area contributed by atoms with Crippen molar-refractivity contribution in [3.63, 3.8) is 0 Å². The average molecular weight is 482 g/mol. The molecule has 3 rings (SSSR count). The van der Waals surface area contributed by atoms with E-state index in [9.17, 15) is 14.4 Å². The predicted octanol–water partition coefficient (Wildman–Crippen LogP) is 4.12. The van der Waals surface area contributed by atoms with Gasteiger partial charge in [-0.2, -0.15) is 0 Å². The quantitative estimate of drug-likeness (QED) is 0.500. The number of amides is 2. The second-order valence-electron chi connectivity index (χ2n) is 9.54. The van der Waals surface area contributed by atoms with Crippen LogP contribution in [0.25, 0.3) is 0 Å². The van der Waals surface area contributed by atoms with Gasteiger partial charge in [0.15, 0.2) is 0 Å². The molecule has 0 bridgehead atoms. The predicted molar refractivity (Wildman–Crippen MR) is 136 cm³/mol. The maximum atomic E-state index is 12.8. The Morgan fingerprint density at radius 3 is 2.46 bits per heavy atom. The lowest BCUT2D eigenvalue weighted by Crippen LogP contribution is -2.45. The number of H-pyrrole nitrogens is 1. The number of ether oxygens (including phenoxy) is 1. The molecule has 1 aliphatic rings. The minimum atomic E-state index is -0.361. The average Bonchev–Trinajstić information content (AvgIpc) is 3.15. The van der Waals surface area contributed by atoms with Crippen LogP contribution in [0.2, 0.25) is 0 Å². The van der Waals surface area contributed by atoms with E-state index in [-0.39, 0.29) is 29.7 Å². The molecule has 35 heavy (non-hydrogen) atoms. The molecular weight excluding hydrogens is 442 g/mol. The van der Waals surface area contributed by atoms with Gasteiger partial charge < -0.3 is 19.9 Å². The zero-order valence-electron chi connectivity index (χ0n) is 21.5. The Morgan fingerprint density at radius 1 is 1.11 bits per heavy atom. The van der Waals surface area contributed by atoms with Crippen molar-refractivity contribution in [1.29, 1.82) is 0 Å². The Bertz CT molecular complexity index is 1010. The molecule has 1 aromatic carbocycles. The van der Waals surface area contributed by atoms with E-state index in [2.05, 4.69) is 29.4 Å². The first kappa shape index (κ1) is 26.5. The summed E-state index contributed by atoms with van der Waals surface area (Å²) >= 11 is 0. The molecule has 0 saturated carbocycles. The molecule has 0 unspecified atom stereocenters. The Morgan fingerprint density at radius 2 is 1.80 bits per heavy atom. The van der Waals surface area contributed by atoms with Gasteiger partial charge in [0.2, 0.25) is 11.8 Å². The number of rotatable bonds is 10. The van der Waals surface area contributed by atoms with E-state index in [0.29, 0.717) is 51.1 Å². The van der Waals surface area contributed by atoms with Crippen LogP contribution in [0.5, 0.6) is 0 Å². The summed E-state index contributed by atoms with van der Waals surface area (Å²) in [5, 5.41) is 3.16. The van der Waals surface area contributed by atoms with Gasteiger partial charge in [0.05, 0.1) is 6.61 Å². The first-order valence-electron chi connectivity index (χ1n) is 12.8. The lowest BCUT2D eigenvalue weighted by Gasteiger charge is -2.32. The molecule has 0 spiro atoms. The fourth-order valence-corrected chi connectivity index (χ4v) is 4.81. The van der Waals surface area contributed by atoms with Crippen LogP contribution in [0.3, 0.4) is 0 Å². The zero-order valence-corrected chi connectivity index (χ0v) is 21.5. The topological polar surface area (TPSA) is 91.5 Å². The third-order valence-corrected chi connectivity index (χ3v) is 6.98. The first-order chi connectivity index (χ1) is 16.8. The van der Waals surface area contributed by atoms with Gasteiger partial charge in [-0.25, -0.2) is 4.79 Å². The van der Waals surface area contributed by atoms with Crippen LogP contribution in [0.15, 0.2) is 30.3 Å². The summed E-state index contributed by atoms with van der Waals surface area (Å²) in [7, 11) is 0. The van der Waals surface area contributed by atoms with E-state index in [1.165, 1.54) is 5.56 Å². The van der Waals surface area contributed by atoms with Crippen molar-refractivity contribution in [3.05, 3.63) is 58.4 Å². The molecule has 1 saturated heterocycles. The van der Waals surface area contributed by atoms with E-state index in [0.717, 1.165) is 29.7 Å². The largest absolute Gasteiger partial charge is 0.461 e. The summed E-state index contributed by atoms with van der Waals surface area (Å²) in [5.74, 6) is -0.208. The number of hydrogen-bond donors (Lipinski definition) is 2. The molecule has 7 heteroatoms. The summed E-state index contributed by atoms with van der Waals surface area (Å²) < 4.78 is 5.11. The Kier molecular flexibility index (Phi) is 9.52. The van der Waals surface area contributed by atoms with Crippen LogP contribution in [-0.2, 0) is 27.2 Å². The number of aromatic nitrogens is 1. The van der Waals surface area contributed by atoms with Crippen molar-refractivity contribution < 1.29 is 19.1 Å². The van der Waals surface area contributed by atoms with Gasteiger partial charge >= 0.3 is 5.97 Å². The molecular formula is C28H39N3O4. The van der Waals surface area contributed by atoms with E-state index in [1.54, 1.807) is 6.92 Å². The molecule has 1 aliphatic heterocycles.